The molecular weight excluding hydrogens is 271 g/mol. The van der Waals surface area contributed by atoms with Crippen LogP contribution in [0.3, 0.4) is 0 Å². The van der Waals surface area contributed by atoms with Crippen LogP contribution in [0.2, 0.25) is 0 Å². The summed E-state index contributed by atoms with van der Waals surface area (Å²) in [4.78, 5) is 10.5. The number of alkyl halides is 3. The van der Waals surface area contributed by atoms with Gasteiger partial charge in [0, 0.05) is 11.3 Å². The lowest BCUT2D eigenvalue weighted by molar-refractivity contribution is -0.274. The summed E-state index contributed by atoms with van der Waals surface area (Å²) in [7, 11) is 0. The summed E-state index contributed by atoms with van der Waals surface area (Å²) in [6.07, 6.45) is -3.03. The molecule has 2 aromatic carbocycles. The minimum Gasteiger partial charge on any atom is -0.406 e. The summed E-state index contributed by atoms with van der Waals surface area (Å²) in [5, 5.41) is 0. The Labute approximate surface area is 112 Å². The van der Waals surface area contributed by atoms with Crippen LogP contribution in [0.1, 0.15) is 5.56 Å². The molecule has 0 unspecified atom stereocenters. The van der Waals surface area contributed by atoms with Gasteiger partial charge in [-0.3, -0.25) is 4.79 Å². The van der Waals surface area contributed by atoms with Gasteiger partial charge in [-0.15, -0.1) is 13.2 Å². The van der Waals surface area contributed by atoms with Gasteiger partial charge in [0.2, 0.25) is 6.29 Å². The van der Waals surface area contributed by atoms with Gasteiger partial charge in [-0.1, -0.05) is 18.2 Å². The summed E-state index contributed by atoms with van der Waals surface area (Å²) in [6.45, 7) is 0. The molecule has 0 saturated heterocycles. The van der Waals surface area contributed by atoms with Crippen LogP contribution in [0, 0.1) is 0 Å². The fraction of sp³-hybridized carbons (Fsp3) is 0.0714. The van der Waals surface area contributed by atoms with E-state index in [1.54, 1.807) is 18.4 Å². The molecule has 0 bridgehead atoms. The average Bonchev–Trinajstić information content (AvgIpc) is 2.37. The van der Waals surface area contributed by atoms with Gasteiger partial charge in [0.15, 0.2) is 0 Å². The quantitative estimate of drug-likeness (QED) is 0.878. The molecule has 0 heterocycles. The van der Waals surface area contributed by atoms with Crippen LogP contribution in [0.15, 0.2) is 42.5 Å². The molecule has 0 amide bonds. The highest BCUT2D eigenvalue weighted by atomic mass is 19.4. The van der Waals surface area contributed by atoms with E-state index in [1.807, 2.05) is 0 Å². The zero-order valence-electron chi connectivity index (χ0n) is 10.1. The minimum atomic E-state index is -4.71. The monoisotopic (exact) mass is 280 g/mol. The zero-order chi connectivity index (χ0) is 14.8. The van der Waals surface area contributed by atoms with Gasteiger partial charge in [-0.2, -0.15) is 0 Å². The fourth-order valence-electron chi connectivity index (χ4n) is 1.68. The van der Waals surface area contributed by atoms with Gasteiger partial charge in [0.1, 0.15) is 5.75 Å². The van der Waals surface area contributed by atoms with E-state index in [1.165, 1.54) is 30.3 Å². The predicted octanol–water partition coefficient (Wildman–Crippen LogP) is 3.29. The first kappa shape index (κ1) is 13.9. The second kappa shape index (κ2) is 5.24. The summed E-state index contributed by atoms with van der Waals surface area (Å²) in [5.74, 6) is -0.299. The van der Waals surface area contributed by atoms with Crippen molar-refractivity contribution in [1.82, 2.24) is 0 Å². The van der Waals surface area contributed by atoms with Crippen LogP contribution in [0.5, 0.6) is 5.75 Å². The number of hydrogen-bond donors (Lipinski definition) is 1. The Morgan fingerprint density at radius 3 is 2.10 bits per heavy atom. The van der Waals surface area contributed by atoms with E-state index in [0.29, 0.717) is 11.1 Å². The number of halogens is 3. The first-order chi connectivity index (χ1) is 9.39. The van der Waals surface area contributed by atoms with Crippen molar-refractivity contribution in [3.05, 3.63) is 48.0 Å². The molecule has 0 fully saturated rings. The number of nitrogens with two attached hydrogens (primary N) is 1. The van der Waals surface area contributed by atoms with Crippen molar-refractivity contribution in [3.8, 4) is 16.9 Å². The van der Waals surface area contributed by atoms with E-state index in [0.717, 1.165) is 0 Å². The van der Waals surface area contributed by atoms with Crippen LogP contribution in [-0.4, -0.2) is 12.6 Å². The number of anilines is 1. The molecule has 0 saturated carbocycles. The molecule has 6 heteroatoms. The summed E-state index contributed by atoms with van der Waals surface area (Å²) >= 11 is 0. The molecular formula is C14H9F3NO2. The number of hydrogen-bond acceptors (Lipinski definition) is 3. The van der Waals surface area contributed by atoms with Gasteiger partial charge in [-0.05, 0) is 35.4 Å². The molecule has 3 nitrogen and oxygen atoms in total. The highest BCUT2D eigenvalue weighted by molar-refractivity contribution is 5.86. The third-order valence-electron chi connectivity index (χ3n) is 2.58. The van der Waals surface area contributed by atoms with Crippen LogP contribution in [0.4, 0.5) is 18.9 Å². The molecule has 2 aromatic rings. The normalized spacial score (nSPS) is 11.2. The molecule has 2 N–H and O–H groups in total. The number of benzene rings is 2. The van der Waals surface area contributed by atoms with Crippen molar-refractivity contribution in [2.75, 3.05) is 5.73 Å². The predicted molar refractivity (Wildman–Crippen MR) is 67.8 cm³/mol. The smallest absolute Gasteiger partial charge is 0.406 e. The summed E-state index contributed by atoms with van der Waals surface area (Å²) in [6, 6.07) is 10.0. The molecule has 0 aliphatic heterocycles. The van der Waals surface area contributed by atoms with E-state index in [4.69, 9.17) is 5.73 Å². The third kappa shape index (κ3) is 3.28. The second-order valence-corrected chi connectivity index (χ2v) is 3.98. The van der Waals surface area contributed by atoms with E-state index >= 15 is 0 Å². The SMILES string of the molecule is Nc1cc(-c2ccc(OC(F)(F)F)cc2)ccc1[C]=O. The largest absolute Gasteiger partial charge is 0.573 e. The van der Waals surface area contributed by atoms with Crippen LogP contribution >= 0.6 is 0 Å². The lowest BCUT2D eigenvalue weighted by atomic mass is 10.0. The highest BCUT2D eigenvalue weighted by Crippen LogP contribution is 2.27. The van der Waals surface area contributed by atoms with Crippen molar-refractivity contribution in [2.45, 2.75) is 6.36 Å². The molecule has 2 rings (SSSR count). The standard InChI is InChI=1S/C14H9F3NO2/c15-14(16,17)20-12-5-3-9(4-6-12)10-1-2-11(8-19)13(18)7-10/h1-7H,18H2. The molecule has 0 aliphatic rings. The average molecular weight is 280 g/mol. The number of rotatable bonds is 3. The Hall–Kier alpha value is -2.50. The van der Waals surface area contributed by atoms with E-state index in [2.05, 4.69) is 4.74 Å². The summed E-state index contributed by atoms with van der Waals surface area (Å²) in [5.41, 5.74) is 7.48. The molecule has 0 aromatic heterocycles. The summed E-state index contributed by atoms with van der Waals surface area (Å²) < 4.78 is 39.9. The van der Waals surface area contributed by atoms with Crippen molar-refractivity contribution < 1.29 is 22.7 Å². The van der Waals surface area contributed by atoms with E-state index < -0.39 is 6.36 Å². The minimum absolute atomic E-state index is 0.241. The molecule has 0 spiro atoms. The van der Waals surface area contributed by atoms with E-state index in [-0.39, 0.29) is 17.0 Å². The Morgan fingerprint density at radius 1 is 1.00 bits per heavy atom. The van der Waals surface area contributed by atoms with E-state index in [9.17, 15) is 18.0 Å². The Bertz CT molecular complexity index is 621. The maximum absolute atomic E-state index is 12.0. The van der Waals surface area contributed by atoms with Gasteiger partial charge in [0.05, 0.1) is 0 Å². The Morgan fingerprint density at radius 2 is 1.60 bits per heavy atom. The molecule has 0 aliphatic carbocycles. The van der Waals surface area contributed by atoms with Crippen LogP contribution in [0.25, 0.3) is 11.1 Å². The van der Waals surface area contributed by atoms with Crippen molar-refractivity contribution in [2.24, 2.45) is 0 Å². The third-order valence-corrected chi connectivity index (χ3v) is 2.58. The first-order valence-corrected chi connectivity index (χ1v) is 5.53. The second-order valence-electron chi connectivity index (χ2n) is 3.98. The first-order valence-electron chi connectivity index (χ1n) is 5.53. The molecule has 20 heavy (non-hydrogen) atoms. The lowest BCUT2D eigenvalue weighted by Gasteiger charge is -2.09. The van der Waals surface area contributed by atoms with Gasteiger partial charge < -0.3 is 10.5 Å². The number of ether oxygens (including phenoxy) is 1. The topological polar surface area (TPSA) is 52.3 Å². The van der Waals surface area contributed by atoms with Crippen molar-refractivity contribution >= 4 is 12.0 Å². The fourth-order valence-corrected chi connectivity index (χ4v) is 1.68. The van der Waals surface area contributed by atoms with Crippen LogP contribution in [-0.2, 0) is 4.79 Å². The van der Waals surface area contributed by atoms with Crippen molar-refractivity contribution in [3.63, 3.8) is 0 Å². The maximum Gasteiger partial charge on any atom is 0.573 e. The van der Waals surface area contributed by atoms with Gasteiger partial charge in [0.25, 0.3) is 0 Å². The highest BCUT2D eigenvalue weighted by Gasteiger charge is 2.30. The maximum atomic E-state index is 12.0. The van der Waals surface area contributed by atoms with Gasteiger partial charge >= 0.3 is 6.36 Å². The molecule has 1 radical (unpaired) electrons. The lowest BCUT2D eigenvalue weighted by Crippen LogP contribution is -2.16. The molecule has 0 atom stereocenters. The van der Waals surface area contributed by atoms with Crippen molar-refractivity contribution in [1.29, 1.82) is 0 Å². The Balaban J connectivity index is 2.26. The number of nitrogen functional groups attached to an aromatic ring is 1. The molecule has 103 valence electrons. The van der Waals surface area contributed by atoms with Gasteiger partial charge in [-0.25, -0.2) is 0 Å². The van der Waals surface area contributed by atoms with Crippen LogP contribution < -0.4 is 10.5 Å². The Kier molecular flexibility index (Phi) is 3.65. The zero-order valence-corrected chi connectivity index (χ0v) is 10.1. The number of carbonyl (C=O) groups excluding carboxylic acids is 1.